The smallest absolute Gasteiger partial charge is 0.0613 e. The molecule has 0 bridgehead atoms. The first-order valence-corrected chi connectivity index (χ1v) is 7.05. The lowest BCUT2D eigenvalue weighted by molar-refractivity contribution is 0.0750. The van der Waals surface area contributed by atoms with Gasteiger partial charge in [0.2, 0.25) is 0 Å². The molecule has 3 unspecified atom stereocenters. The first-order chi connectivity index (χ1) is 8.65. The van der Waals surface area contributed by atoms with Crippen molar-refractivity contribution in [2.24, 2.45) is 11.8 Å². The molecule has 100 valence electrons. The lowest BCUT2D eigenvalue weighted by Crippen LogP contribution is -2.52. The summed E-state index contributed by atoms with van der Waals surface area (Å²) in [6, 6.07) is 10.4. The van der Waals surface area contributed by atoms with Gasteiger partial charge in [0.1, 0.15) is 0 Å². The lowest BCUT2D eigenvalue weighted by Gasteiger charge is -2.42. The van der Waals surface area contributed by atoms with Crippen molar-refractivity contribution in [3.05, 3.63) is 35.9 Å². The van der Waals surface area contributed by atoms with E-state index < -0.39 is 0 Å². The van der Waals surface area contributed by atoms with E-state index in [1.165, 1.54) is 12.0 Å². The van der Waals surface area contributed by atoms with Crippen LogP contribution in [0.4, 0.5) is 0 Å². The maximum Gasteiger partial charge on any atom is 0.0613 e. The highest BCUT2D eigenvalue weighted by molar-refractivity contribution is 5.15. The van der Waals surface area contributed by atoms with Crippen LogP contribution in [0.3, 0.4) is 0 Å². The molecular weight excluding hydrogens is 222 g/mol. The van der Waals surface area contributed by atoms with E-state index in [1.54, 1.807) is 0 Å². The second-order valence-corrected chi connectivity index (χ2v) is 5.97. The highest BCUT2D eigenvalue weighted by Gasteiger charge is 2.36. The summed E-state index contributed by atoms with van der Waals surface area (Å²) in [6.45, 7) is 5.72. The van der Waals surface area contributed by atoms with Crippen LogP contribution >= 0.6 is 0 Å². The summed E-state index contributed by atoms with van der Waals surface area (Å²) in [4.78, 5) is 0. The van der Waals surface area contributed by atoms with Crippen molar-refractivity contribution >= 4 is 0 Å². The van der Waals surface area contributed by atoms with Crippen molar-refractivity contribution in [1.82, 2.24) is 5.32 Å². The summed E-state index contributed by atoms with van der Waals surface area (Å²) in [5, 5.41) is 13.4. The molecule has 0 spiro atoms. The molecule has 1 aliphatic rings. The van der Waals surface area contributed by atoms with Gasteiger partial charge in [0.15, 0.2) is 0 Å². The first-order valence-electron chi connectivity index (χ1n) is 7.05. The molecule has 0 amide bonds. The van der Waals surface area contributed by atoms with E-state index >= 15 is 0 Å². The van der Waals surface area contributed by atoms with Crippen LogP contribution in [0.15, 0.2) is 30.3 Å². The third kappa shape index (κ3) is 3.12. The Balaban J connectivity index is 1.97. The second kappa shape index (κ2) is 5.85. The largest absolute Gasteiger partial charge is 0.394 e. The summed E-state index contributed by atoms with van der Waals surface area (Å²) >= 11 is 0. The third-order valence-corrected chi connectivity index (χ3v) is 4.58. The van der Waals surface area contributed by atoms with Crippen LogP contribution in [0.25, 0.3) is 0 Å². The fourth-order valence-corrected chi connectivity index (χ4v) is 2.95. The van der Waals surface area contributed by atoms with E-state index in [4.69, 9.17) is 0 Å². The summed E-state index contributed by atoms with van der Waals surface area (Å²) in [6.07, 6.45) is 3.38. The van der Waals surface area contributed by atoms with Crippen LogP contribution in [0.1, 0.15) is 38.7 Å². The molecular formula is C16H25NO. The van der Waals surface area contributed by atoms with Gasteiger partial charge in [0.25, 0.3) is 0 Å². The van der Waals surface area contributed by atoms with Gasteiger partial charge in [-0.2, -0.15) is 0 Å². The Morgan fingerprint density at radius 1 is 1.22 bits per heavy atom. The minimum atomic E-state index is -0.0677. The van der Waals surface area contributed by atoms with Gasteiger partial charge in [-0.05, 0) is 36.7 Å². The maximum absolute atomic E-state index is 9.76. The van der Waals surface area contributed by atoms with Gasteiger partial charge in [-0.25, -0.2) is 0 Å². The molecule has 0 aromatic heterocycles. The minimum Gasteiger partial charge on any atom is -0.394 e. The Morgan fingerprint density at radius 2 is 1.94 bits per heavy atom. The molecule has 1 aromatic carbocycles. The van der Waals surface area contributed by atoms with Crippen LogP contribution in [0.5, 0.6) is 0 Å². The predicted molar refractivity (Wildman–Crippen MR) is 75.3 cm³/mol. The van der Waals surface area contributed by atoms with Gasteiger partial charge in [-0.1, -0.05) is 44.2 Å². The number of aliphatic hydroxyl groups is 1. The molecule has 1 aliphatic carbocycles. The number of rotatable bonds is 4. The summed E-state index contributed by atoms with van der Waals surface area (Å²) in [5.74, 6) is 1.47. The van der Waals surface area contributed by atoms with E-state index in [0.717, 1.165) is 25.3 Å². The van der Waals surface area contributed by atoms with Gasteiger partial charge in [0.05, 0.1) is 6.61 Å². The van der Waals surface area contributed by atoms with Gasteiger partial charge in [-0.3, -0.25) is 0 Å². The molecule has 2 rings (SSSR count). The SMILES string of the molecule is CC1CCC(CO)(NCc2ccccc2)CC1C. The molecule has 0 aliphatic heterocycles. The first kappa shape index (κ1) is 13.6. The topological polar surface area (TPSA) is 32.3 Å². The predicted octanol–water partition coefficient (Wildman–Crippen LogP) is 2.96. The fraction of sp³-hybridized carbons (Fsp3) is 0.625. The number of hydrogen-bond donors (Lipinski definition) is 2. The zero-order valence-corrected chi connectivity index (χ0v) is 11.5. The number of benzene rings is 1. The highest BCUT2D eigenvalue weighted by Crippen LogP contribution is 2.36. The van der Waals surface area contributed by atoms with E-state index in [9.17, 15) is 5.11 Å². The Morgan fingerprint density at radius 3 is 2.56 bits per heavy atom. The van der Waals surface area contributed by atoms with Gasteiger partial charge in [-0.15, -0.1) is 0 Å². The Labute approximate surface area is 110 Å². The van der Waals surface area contributed by atoms with Crippen molar-refractivity contribution in [2.75, 3.05) is 6.61 Å². The Kier molecular flexibility index (Phi) is 4.41. The normalized spacial score (nSPS) is 32.4. The summed E-state index contributed by atoms with van der Waals surface area (Å²) < 4.78 is 0. The van der Waals surface area contributed by atoms with E-state index in [-0.39, 0.29) is 12.1 Å². The van der Waals surface area contributed by atoms with Crippen LogP contribution < -0.4 is 5.32 Å². The molecule has 2 heteroatoms. The molecule has 1 aromatic rings. The minimum absolute atomic E-state index is 0.0677. The molecule has 2 nitrogen and oxygen atoms in total. The standard InChI is InChI=1S/C16H25NO/c1-13-8-9-16(12-18,10-14(13)2)17-11-15-6-4-3-5-7-15/h3-7,13-14,17-18H,8-12H2,1-2H3. The maximum atomic E-state index is 9.76. The van der Waals surface area contributed by atoms with Crippen molar-refractivity contribution in [3.8, 4) is 0 Å². The van der Waals surface area contributed by atoms with E-state index in [0.29, 0.717) is 5.92 Å². The van der Waals surface area contributed by atoms with E-state index in [2.05, 4.69) is 43.4 Å². The fourth-order valence-electron chi connectivity index (χ4n) is 2.95. The van der Waals surface area contributed by atoms with Crippen LogP contribution in [-0.2, 0) is 6.54 Å². The summed E-state index contributed by atoms with van der Waals surface area (Å²) in [7, 11) is 0. The zero-order chi connectivity index (χ0) is 13.0. The quantitative estimate of drug-likeness (QED) is 0.857. The van der Waals surface area contributed by atoms with Crippen molar-refractivity contribution in [1.29, 1.82) is 0 Å². The Bertz CT molecular complexity index is 365. The average molecular weight is 247 g/mol. The lowest BCUT2D eigenvalue weighted by atomic mass is 9.71. The van der Waals surface area contributed by atoms with Crippen LogP contribution in [0, 0.1) is 11.8 Å². The van der Waals surface area contributed by atoms with Crippen molar-refractivity contribution in [2.45, 2.75) is 45.2 Å². The van der Waals surface area contributed by atoms with E-state index in [1.807, 2.05) is 6.07 Å². The molecule has 2 N–H and O–H groups in total. The number of hydrogen-bond acceptors (Lipinski definition) is 2. The molecule has 0 heterocycles. The average Bonchev–Trinajstić information content (AvgIpc) is 2.42. The monoisotopic (exact) mass is 247 g/mol. The molecule has 0 radical (unpaired) electrons. The summed E-state index contributed by atoms with van der Waals surface area (Å²) in [5.41, 5.74) is 1.22. The van der Waals surface area contributed by atoms with Gasteiger partial charge < -0.3 is 10.4 Å². The molecule has 1 fully saturated rings. The molecule has 3 atom stereocenters. The van der Waals surface area contributed by atoms with Crippen molar-refractivity contribution < 1.29 is 5.11 Å². The van der Waals surface area contributed by atoms with Crippen LogP contribution in [-0.4, -0.2) is 17.3 Å². The third-order valence-electron chi connectivity index (χ3n) is 4.58. The highest BCUT2D eigenvalue weighted by atomic mass is 16.3. The van der Waals surface area contributed by atoms with Gasteiger partial charge >= 0.3 is 0 Å². The van der Waals surface area contributed by atoms with Gasteiger partial charge in [0, 0.05) is 12.1 Å². The Hall–Kier alpha value is -0.860. The molecule has 18 heavy (non-hydrogen) atoms. The second-order valence-electron chi connectivity index (χ2n) is 5.97. The number of aliphatic hydroxyl groups excluding tert-OH is 1. The number of nitrogens with one attached hydrogen (secondary N) is 1. The molecule has 1 saturated carbocycles. The van der Waals surface area contributed by atoms with Crippen LogP contribution in [0.2, 0.25) is 0 Å². The van der Waals surface area contributed by atoms with Crippen molar-refractivity contribution in [3.63, 3.8) is 0 Å². The zero-order valence-electron chi connectivity index (χ0n) is 11.5. The molecule has 0 saturated heterocycles.